The van der Waals surface area contributed by atoms with Gasteiger partial charge in [-0.15, -0.1) is 0 Å². The van der Waals surface area contributed by atoms with E-state index in [1.807, 2.05) is 6.92 Å². The van der Waals surface area contributed by atoms with Gasteiger partial charge < -0.3 is 11.1 Å². The molecule has 0 unspecified atom stereocenters. The van der Waals surface area contributed by atoms with Crippen LogP contribution < -0.4 is 11.1 Å². The van der Waals surface area contributed by atoms with Crippen LogP contribution >= 0.6 is 11.8 Å². The van der Waals surface area contributed by atoms with E-state index in [9.17, 15) is 9.18 Å². The van der Waals surface area contributed by atoms with Gasteiger partial charge in [-0.25, -0.2) is 9.38 Å². The van der Waals surface area contributed by atoms with E-state index in [0.29, 0.717) is 46.9 Å². The summed E-state index contributed by atoms with van der Waals surface area (Å²) < 4.78 is 15.6. The average Bonchev–Trinajstić information content (AvgIpc) is 3.01. The number of thioether (sulfide) groups is 1. The van der Waals surface area contributed by atoms with Crippen molar-refractivity contribution in [1.82, 2.24) is 14.8 Å². The van der Waals surface area contributed by atoms with E-state index in [1.165, 1.54) is 11.8 Å². The van der Waals surface area contributed by atoms with E-state index < -0.39 is 12.2 Å². The van der Waals surface area contributed by atoms with Crippen LogP contribution in [0.15, 0.2) is 29.4 Å². The average molecular weight is 405 g/mol. The Bertz CT molecular complexity index is 896. The molecule has 3 N–H and O–H groups in total. The van der Waals surface area contributed by atoms with Crippen LogP contribution in [0.25, 0.3) is 0 Å². The molecule has 28 heavy (non-hydrogen) atoms. The van der Waals surface area contributed by atoms with Crippen molar-refractivity contribution in [3.8, 4) is 0 Å². The number of carbonyl (C=O) groups is 1. The SMILES string of the molecule is Cc1cc(C(=O)Nc2ccnc([C@]3(CF)CCSC(N)=N3)c2)n(CC(C)C)n1. The summed E-state index contributed by atoms with van der Waals surface area (Å²) in [7, 11) is 0. The molecule has 1 aliphatic heterocycles. The maximum atomic E-state index is 13.9. The second-order valence-corrected chi connectivity index (χ2v) is 8.46. The molecule has 1 atom stereocenters. The van der Waals surface area contributed by atoms with Gasteiger partial charge in [-0.1, -0.05) is 25.6 Å². The summed E-state index contributed by atoms with van der Waals surface area (Å²) >= 11 is 1.41. The quantitative estimate of drug-likeness (QED) is 0.771. The molecule has 3 rings (SSSR count). The molecular formula is C19H25FN6OS. The molecule has 0 saturated carbocycles. The van der Waals surface area contributed by atoms with Crippen LogP contribution in [0.1, 0.15) is 42.1 Å². The molecule has 1 amide bonds. The number of carbonyl (C=O) groups excluding carboxylic acids is 1. The summed E-state index contributed by atoms with van der Waals surface area (Å²) in [6.45, 7) is 5.94. The largest absolute Gasteiger partial charge is 0.379 e. The highest BCUT2D eigenvalue weighted by atomic mass is 32.2. The fraction of sp³-hybridized carbons (Fsp3) is 0.474. The normalized spacial score (nSPS) is 19.5. The molecule has 3 heterocycles. The van der Waals surface area contributed by atoms with E-state index in [2.05, 4.69) is 34.2 Å². The lowest BCUT2D eigenvalue weighted by atomic mass is 9.93. The third kappa shape index (κ3) is 4.35. The first-order valence-electron chi connectivity index (χ1n) is 9.19. The van der Waals surface area contributed by atoms with Crippen LogP contribution in [0.2, 0.25) is 0 Å². The van der Waals surface area contributed by atoms with Crippen molar-refractivity contribution in [2.45, 2.75) is 39.3 Å². The van der Waals surface area contributed by atoms with Crippen LogP contribution in [0.3, 0.4) is 0 Å². The summed E-state index contributed by atoms with van der Waals surface area (Å²) in [6.07, 6.45) is 2.05. The van der Waals surface area contributed by atoms with E-state index in [4.69, 9.17) is 5.73 Å². The van der Waals surface area contributed by atoms with Gasteiger partial charge in [0.05, 0.1) is 11.4 Å². The third-order valence-electron chi connectivity index (χ3n) is 4.48. The highest BCUT2D eigenvalue weighted by Gasteiger charge is 2.36. The van der Waals surface area contributed by atoms with Gasteiger partial charge in [0.25, 0.3) is 5.91 Å². The number of halogens is 1. The number of nitrogens with zero attached hydrogens (tertiary/aromatic N) is 4. The molecule has 0 saturated heterocycles. The molecule has 0 aromatic carbocycles. The minimum absolute atomic E-state index is 0.269. The number of amidine groups is 1. The van der Waals surface area contributed by atoms with Crippen molar-refractivity contribution in [1.29, 1.82) is 0 Å². The first-order chi connectivity index (χ1) is 13.3. The number of alkyl halides is 1. The molecule has 2 aromatic heterocycles. The molecule has 0 aliphatic carbocycles. The molecule has 0 radical (unpaired) electrons. The monoisotopic (exact) mass is 404 g/mol. The standard InChI is InChI=1S/C19H25FN6OS/c1-12(2)10-26-15(8-13(3)25-26)17(27)23-14-4-6-22-16(9-14)19(11-20)5-7-28-18(21)24-19/h4,6,8-9,12H,5,7,10-11H2,1-3H3,(H2,21,24)(H,22,23,27)/t19-/m1/s1. The zero-order chi connectivity index (χ0) is 20.3. The van der Waals surface area contributed by atoms with Crippen molar-refractivity contribution in [3.05, 3.63) is 41.5 Å². The minimum atomic E-state index is -1.09. The van der Waals surface area contributed by atoms with Gasteiger partial charge in [-0.3, -0.25) is 14.5 Å². The second-order valence-electron chi connectivity index (χ2n) is 7.34. The number of aromatic nitrogens is 3. The van der Waals surface area contributed by atoms with Gasteiger partial charge >= 0.3 is 0 Å². The van der Waals surface area contributed by atoms with Crippen molar-refractivity contribution >= 4 is 28.5 Å². The lowest BCUT2D eigenvalue weighted by Gasteiger charge is -2.30. The predicted octanol–water partition coefficient (Wildman–Crippen LogP) is 3.11. The Morgan fingerprint density at radius 3 is 2.93 bits per heavy atom. The van der Waals surface area contributed by atoms with Gasteiger partial charge in [0, 0.05) is 24.2 Å². The molecule has 0 fully saturated rings. The molecule has 9 heteroatoms. The van der Waals surface area contributed by atoms with Crippen LogP contribution in [-0.4, -0.2) is 38.3 Å². The van der Waals surface area contributed by atoms with Crippen LogP contribution in [0.5, 0.6) is 0 Å². The van der Waals surface area contributed by atoms with Crippen LogP contribution in [0.4, 0.5) is 10.1 Å². The Morgan fingerprint density at radius 2 is 2.25 bits per heavy atom. The Labute approximate surface area is 168 Å². The van der Waals surface area contributed by atoms with Crippen molar-refractivity contribution in [2.75, 3.05) is 17.7 Å². The zero-order valence-corrected chi connectivity index (χ0v) is 17.1. The van der Waals surface area contributed by atoms with E-state index >= 15 is 0 Å². The number of anilines is 1. The fourth-order valence-electron chi connectivity index (χ4n) is 3.15. The molecular weight excluding hydrogens is 379 g/mol. The maximum Gasteiger partial charge on any atom is 0.273 e. The second kappa shape index (κ2) is 8.30. The summed E-state index contributed by atoms with van der Waals surface area (Å²) in [5.41, 5.74) is 6.98. The Balaban J connectivity index is 1.86. The number of aryl methyl sites for hydroxylation is 1. The van der Waals surface area contributed by atoms with Crippen molar-refractivity contribution in [3.63, 3.8) is 0 Å². The molecule has 7 nitrogen and oxygen atoms in total. The van der Waals surface area contributed by atoms with E-state index in [0.717, 1.165) is 5.69 Å². The summed E-state index contributed by atoms with van der Waals surface area (Å²) in [4.78, 5) is 21.4. The molecule has 2 aromatic rings. The molecule has 1 aliphatic rings. The minimum Gasteiger partial charge on any atom is -0.379 e. The van der Waals surface area contributed by atoms with Gasteiger partial charge in [0.2, 0.25) is 0 Å². The van der Waals surface area contributed by atoms with Crippen LogP contribution in [0, 0.1) is 12.8 Å². The number of amides is 1. The molecule has 150 valence electrons. The highest BCUT2D eigenvalue weighted by Crippen LogP contribution is 2.35. The Kier molecular flexibility index (Phi) is 6.02. The lowest BCUT2D eigenvalue weighted by molar-refractivity contribution is 0.101. The number of pyridine rings is 1. The summed E-state index contributed by atoms with van der Waals surface area (Å²) in [5.74, 6) is 0.760. The maximum absolute atomic E-state index is 13.9. The lowest BCUT2D eigenvalue weighted by Crippen LogP contribution is -2.34. The number of rotatable bonds is 6. The number of nitrogens with two attached hydrogens (primary N) is 1. The Hall–Kier alpha value is -2.42. The molecule has 0 spiro atoms. The fourth-order valence-corrected chi connectivity index (χ4v) is 4.03. The molecule has 0 bridgehead atoms. The van der Waals surface area contributed by atoms with Gasteiger partial charge in [-0.2, -0.15) is 5.10 Å². The zero-order valence-electron chi connectivity index (χ0n) is 16.3. The first-order valence-corrected chi connectivity index (χ1v) is 10.2. The Morgan fingerprint density at radius 1 is 1.46 bits per heavy atom. The van der Waals surface area contributed by atoms with Gasteiger partial charge in [-0.05, 0) is 37.5 Å². The topological polar surface area (TPSA) is 98.2 Å². The number of hydrogen-bond acceptors (Lipinski definition) is 6. The predicted molar refractivity (Wildman–Crippen MR) is 110 cm³/mol. The smallest absolute Gasteiger partial charge is 0.273 e. The number of hydrogen-bond donors (Lipinski definition) is 2. The van der Waals surface area contributed by atoms with Crippen molar-refractivity contribution in [2.24, 2.45) is 16.6 Å². The van der Waals surface area contributed by atoms with Crippen molar-refractivity contribution < 1.29 is 9.18 Å². The van der Waals surface area contributed by atoms with E-state index in [-0.39, 0.29) is 5.91 Å². The van der Waals surface area contributed by atoms with Gasteiger partial charge in [0.15, 0.2) is 5.17 Å². The highest BCUT2D eigenvalue weighted by molar-refractivity contribution is 8.13. The third-order valence-corrected chi connectivity index (χ3v) is 5.27. The van der Waals surface area contributed by atoms with Crippen LogP contribution in [-0.2, 0) is 12.1 Å². The summed E-state index contributed by atoms with van der Waals surface area (Å²) in [5, 5.41) is 7.62. The van der Waals surface area contributed by atoms with E-state index in [1.54, 1.807) is 29.1 Å². The summed E-state index contributed by atoms with van der Waals surface area (Å²) in [6, 6.07) is 5.10. The number of aliphatic imine (C=N–C) groups is 1. The first kappa shape index (κ1) is 20.3. The number of nitrogens with one attached hydrogen (secondary N) is 1. The van der Waals surface area contributed by atoms with Gasteiger partial charge in [0.1, 0.15) is 17.9 Å².